The number of amides is 1. The molecular weight excluding hydrogens is 300 g/mol. The zero-order valence-electron chi connectivity index (χ0n) is 14.5. The maximum atomic E-state index is 12.2. The Morgan fingerprint density at radius 1 is 1.17 bits per heavy atom. The van der Waals surface area contributed by atoms with Crippen molar-refractivity contribution in [2.45, 2.75) is 64.0 Å². The van der Waals surface area contributed by atoms with Gasteiger partial charge in [-0.05, 0) is 31.9 Å². The number of fused-ring (bicyclic) bond motifs is 1. The largest absolute Gasteiger partial charge is 0.459 e. The summed E-state index contributed by atoms with van der Waals surface area (Å²) in [4.78, 5) is 12.2. The standard InChI is InChI=1S/C20H28N2O2/c1-15(19-13-16-9-7-8-12-18(16)24-19)22-20(23)14-21-17-10-5-3-2-4-6-11-17/h7-9,12-13,15,17,21H,2-6,10-11,14H2,1H3,(H,22,23)/t15-/m0/s1. The van der Waals surface area contributed by atoms with Gasteiger partial charge in [-0.15, -0.1) is 0 Å². The Balaban J connectivity index is 1.48. The third kappa shape index (κ3) is 4.60. The fraction of sp³-hybridized carbons (Fsp3) is 0.550. The summed E-state index contributed by atoms with van der Waals surface area (Å²) in [7, 11) is 0. The highest BCUT2D eigenvalue weighted by atomic mass is 16.3. The molecule has 0 aliphatic heterocycles. The number of benzene rings is 1. The van der Waals surface area contributed by atoms with Gasteiger partial charge in [-0.2, -0.15) is 0 Å². The summed E-state index contributed by atoms with van der Waals surface area (Å²) in [5.74, 6) is 0.834. The topological polar surface area (TPSA) is 54.3 Å². The fourth-order valence-electron chi connectivity index (χ4n) is 3.48. The van der Waals surface area contributed by atoms with E-state index in [4.69, 9.17) is 4.42 Å². The summed E-state index contributed by atoms with van der Waals surface area (Å²) in [5.41, 5.74) is 0.862. The molecule has 1 aliphatic rings. The van der Waals surface area contributed by atoms with E-state index in [1.807, 2.05) is 37.3 Å². The van der Waals surface area contributed by atoms with Gasteiger partial charge in [0, 0.05) is 11.4 Å². The van der Waals surface area contributed by atoms with Crippen molar-refractivity contribution in [3.05, 3.63) is 36.1 Å². The quantitative estimate of drug-likeness (QED) is 0.860. The van der Waals surface area contributed by atoms with E-state index >= 15 is 0 Å². The SMILES string of the molecule is C[C@H](NC(=O)CNC1CCCCCCC1)c1cc2ccccc2o1. The molecule has 1 saturated carbocycles. The first-order chi connectivity index (χ1) is 11.7. The molecular formula is C20H28N2O2. The van der Waals surface area contributed by atoms with Gasteiger partial charge < -0.3 is 15.1 Å². The molecule has 24 heavy (non-hydrogen) atoms. The molecule has 1 aliphatic carbocycles. The summed E-state index contributed by atoms with van der Waals surface area (Å²) in [5, 5.41) is 7.53. The van der Waals surface area contributed by atoms with Crippen LogP contribution in [0.2, 0.25) is 0 Å². The highest BCUT2D eigenvalue weighted by Gasteiger charge is 2.16. The van der Waals surface area contributed by atoms with Crippen LogP contribution in [0.5, 0.6) is 0 Å². The molecule has 1 aromatic carbocycles. The van der Waals surface area contributed by atoms with Gasteiger partial charge in [0.25, 0.3) is 0 Å². The number of carbonyl (C=O) groups is 1. The van der Waals surface area contributed by atoms with E-state index in [0.29, 0.717) is 12.6 Å². The molecule has 1 atom stereocenters. The van der Waals surface area contributed by atoms with Gasteiger partial charge in [0.1, 0.15) is 11.3 Å². The van der Waals surface area contributed by atoms with Gasteiger partial charge >= 0.3 is 0 Å². The Morgan fingerprint density at radius 2 is 1.88 bits per heavy atom. The Kier molecular flexibility index (Phi) is 5.91. The normalized spacial score (nSPS) is 18.0. The first kappa shape index (κ1) is 17.0. The van der Waals surface area contributed by atoms with Crippen molar-refractivity contribution >= 4 is 16.9 Å². The van der Waals surface area contributed by atoms with Crippen LogP contribution in [0.4, 0.5) is 0 Å². The molecule has 1 fully saturated rings. The fourth-order valence-corrected chi connectivity index (χ4v) is 3.48. The van der Waals surface area contributed by atoms with Crippen LogP contribution in [-0.2, 0) is 4.79 Å². The number of nitrogens with one attached hydrogen (secondary N) is 2. The molecule has 0 unspecified atom stereocenters. The average Bonchev–Trinajstić information content (AvgIpc) is 2.98. The van der Waals surface area contributed by atoms with Crippen LogP contribution in [0.15, 0.2) is 34.7 Å². The molecule has 0 spiro atoms. The predicted molar refractivity (Wildman–Crippen MR) is 96.9 cm³/mol. The molecule has 1 heterocycles. The molecule has 1 aromatic heterocycles. The second kappa shape index (κ2) is 8.34. The van der Waals surface area contributed by atoms with E-state index in [2.05, 4.69) is 10.6 Å². The Morgan fingerprint density at radius 3 is 2.62 bits per heavy atom. The second-order valence-corrected chi connectivity index (χ2v) is 6.90. The lowest BCUT2D eigenvalue weighted by Crippen LogP contribution is -2.40. The van der Waals surface area contributed by atoms with E-state index in [0.717, 1.165) is 16.7 Å². The zero-order valence-corrected chi connectivity index (χ0v) is 14.5. The maximum Gasteiger partial charge on any atom is 0.234 e. The van der Waals surface area contributed by atoms with E-state index in [1.54, 1.807) is 0 Å². The lowest BCUT2D eigenvalue weighted by molar-refractivity contribution is -0.121. The first-order valence-electron chi connectivity index (χ1n) is 9.23. The second-order valence-electron chi connectivity index (χ2n) is 6.90. The lowest BCUT2D eigenvalue weighted by atomic mass is 9.97. The van der Waals surface area contributed by atoms with Gasteiger partial charge in [0.05, 0.1) is 12.6 Å². The van der Waals surface area contributed by atoms with Crippen LogP contribution in [-0.4, -0.2) is 18.5 Å². The van der Waals surface area contributed by atoms with E-state index in [-0.39, 0.29) is 11.9 Å². The third-order valence-corrected chi connectivity index (χ3v) is 4.91. The first-order valence-corrected chi connectivity index (χ1v) is 9.23. The smallest absolute Gasteiger partial charge is 0.234 e. The molecule has 130 valence electrons. The van der Waals surface area contributed by atoms with Crippen LogP contribution in [0.25, 0.3) is 11.0 Å². The number of rotatable bonds is 5. The number of hydrogen-bond donors (Lipinski definition) is 2. The molecule has 0 saturated heterocycles. The summed E-state index contributed by atoms with van der Waals surface area (Å²) >= 11 is 0. The molecule has 4 heteroatoms. The Bertz CT molecular complexity index is 623. The van der Waals surface area contributed by atoms with Crippen molar-refractivity contribution in [1.29, 1.82) is 0 Å². The molecule has 1 amide bonds. The van der Waals surface area contributed by atoms with Crippen molar-refractivity contribution < 1.29 is 9.21 Å². The number of hydrogen-bond acceptors (Lipinski definition) is 3. The van der Waals surface area contributed by atoms with Gasteiger partial charge in [-0.1, -0.05) is 50.3 Å². The molecule has 4 nitrogen and oxygen atoms in total. The molecule has 0 bridgehead atoms. The average molecular weight is 328 g/mol. The van der Waals surface area contributed by atoms with Crippen molar-refractivity contribution in [1.82, 2.24) is 10.6 Å². The third-order valence-electron chi connectivity index (χ3n) is 4.91. The summed E-state index contributed by atoms with van der Waals surface area (Å²) in [6.07, 6.45) is 8.94. The van der Waals surface area contributed by atoms with Crippen molar-refractivity contribution in [2.75, 3.05) is 6.54 Å². The maximum absolute atomic E-state index is 12.2. The van der Waals surface area contributed by atoms with Gasteiger partial charge in [0.15, 0.2) is 0 Å². The van der Waals surface area contributed by atoms with Crippen molar-refractivity contribution in [2.24, 2.45) is 0 Å². The zero-order chi connectivity index (χ0) is 16.8. The summed E-state index contributed by atoms with van der Waals surface area (Å²) < 4.78 is 5.82. The Hall–Kier alpha value is -1.81. The van der Waals surface area contributed by atoms with Crippen LogP contribution < -0.4 is 10.6 Å². The van der Waals surface area contributed by atoms with Crippen molar-refractivity contribution in [3.8, 4) is 0 Å². The van der Waals surface area contributed by atoms with Crippen LogP contribution >= 0.6 is 0 Å². The molecule has 0 radical (unpaired) electrons. The van der Waals surface area contributed by atoms with Crippen LogP contribution in [0, 0.1) is 0 Å². The minimum atomic E-state index is -0.121. The van der Waals surface area contributed by atoms with Crippen molar-refractivity contribution in [3.63, 3.8) is 0 Å². The monoisotopic (exact) mass is 328 g/mol. The van der Waals surface area contributed by atoms with Crippen LogP contribution in [0.1, 0.15) is 63.7 Å². The van der Waals surface area contributed by atoms with Gasteiger partial charge in [-0.25, -0.2) is 0 Å². The minimum absolute atomic E-state index is 0.0324. The summed E-state index contributed by atoms with van der Waals surface area (Å²) in [6.45, 7) is 2.35. The number of furan rings is 1. The number of carbonyl (C=O) groups excluding carboxylic acids is 1. The number of para-hydroxylation sites is 1. The van der Waals surface area contributed by atoms with Gasteiger partial charge in [-0.3, -0.25) is 4.79 Å². The van der Waals surface area contributed by atoms with E-state index in [1.165, 1.54) is 44.9 Å². The molecule has 2 aromatic rings. The summed E-state index contributed by atoms with van der Waals surface area (Å²) in [6, 6.07) is 10.3. The highest BCUT2D eigenvalue weighted by Crippen LogP contribution is 2.23. The van der Waals surface area contributed by atoms with Crippen LogP contribution in [0.3, 0.4) is 0 Å². The van der Waals surface area contributed by atoms with Gasteiger partial charge in [0.2, 0.25) is 5.91 Å². The molecule has 3 rings (SSSR count). The Labute approximate surface area is 144 Å². The molecule has 2 N–H and O–H groups in total. The predicted octanol–water partition coefficient (Wildman–Crippen LogP) is 4.31. The minimum Gasteiger partial charge on any atom is -0.459 e. The lowest BCUT2D eigenvalue weighted by Gasteiger charge is -2.21. The highest BCUT2D eigenvalue weighted by molar-refractivity contribution is 5.80. The van der Waals surface area contributed by atoms with E-state index < -0.39 is 0 Å². The van der Waals surface area contributed by atoms with E-state index in [9.17, 15) is 4.79 Å².